The number of rotatable bonds is 2. The first-order valence-corrected chi connectivity index (χ1v) is 8.21. The third-order valence-electron chi connectivity index (χ3n) is 3.87. The molecule has 1 rings (SSSR count). The first-order valence-electron chi connectivity index (χ1n) is 8.21. The van der Waals surface area contributed by atoms with Gasteiger partial charge in [0.25, 0.3) is 0 Å². The molecule has 0 heterocycles. The van der Waals surface area contributed by atoms with Crippen LogP contribution in [-0.4, -0.2) is 0 Å². The van der Waals surface area contributed by atoms with Crippen LogP contribution in [0.2, 0.25) is 0 Å². The summed E-state index contributed by atoms with van der Waals surface area (Å²) in [6.07, 6.45) is 1.21. The molecule has 0 N–H and O–H groups in total. The average molecular weight is 277 g/mol. The summed E-state index contributed by atoms with van der Waals surface area (Å²) >= 11 is 0. The zero-order valence-corrected chi connectivity index (χ0v) is 15.5. The summed E-state index contributed by atoms with van der Waals surface area (Å²) in [5.74, 6) is 0.647. The van der Waals surface area contributed by atoms with Crippen LogP contribution in [0.1, 0.15) is 98.3 Å². The van der Waals surface area contributed by atoms with Gasteiger partial charge in [-0.05, 0) is 39.9 Å². The van der Waals surface area contributed by atoms with Crippen molar-refractivity contribution in [2.75, 3.05) is 0 Å². The first-order chi connectivity index (χ1) is 9.05. The average Bonchev–Trinajstić information content (AvgIpc) is 2.37. The van der Waals surface area contributed by atoms with E-state index in [4.69, 9.17) is 0 Å². The zero-order valence-electron chi connectivity index (χ0n) is 15.5. The second kappa shape index (κ2) is 7.29. The molecule has 0 saturated carbocycles. The highest BCUT2D eigenvalue weighted by Gasteiger charge is 2.21. The maximum Gasteiger partial charge on any atom is -0.0132 e. The quantitative estimate of drug-likeness (QED) is 0.556. The van der Waals surface area contributed by atoms with E-state index in [-0.39, 0.29) is 10.8 Å². The van der Waals surface area contributed by atoms with E-state index in [0.29, 0.717) is 5.92 Å². The summed E-state index contributed by atoms with van der Waals surface area (Å²) in [5.41, 5.74) is 4.87. The van der Waals surface area contributed by atoms with Crippen molar-refractivity contribution in [1.29, 1.82) is 0 Å². The molecule has 0 bridgehead atoms. The van der Waals surface area contributed by atoms with Crippen molar-refractivity contribution in [2.45, 2.75) is 92.4 Å². The molecule has 0 nitrogen and oxygen atoms in total. The van der Waals surface area contributed by atoms with E-state index in [2.05, 4.69) is 73.6 Å². The van der Waals surface area contributed by atoms with Crippen LogP contribution in [0.4, 0.5) is 0 Å². The van der Waals surface area contributed by atoms with Gasteiger partial charge in [0.15, 0.2) is 0 Å². The van der Waals surface area contributed by atoms with Gasteiger partial charge in [0, 0.05) is 0 Å². The molecule has 0 aliphatic carbocycles. The van der Waals surface area contributed by atoms with Crippen molar-refractivity contribution >= 4 is 0 Å². The molecule has 1 unspecified atom stereocenters. The molecule has 0 aliphatic rings. The Kier molecular flexibility index (Phi) is 7.01. The fraction of sp³-hybridized carbons (Fsp3) is 0.700. The fourth-order valence-corrected chi connectivity index (χ4v) is 2.04. The predicted molar refractivity (Wildman–Crippen MR) is 93.9 cm³/mol. The zero-order chi connectivity index (χ0) is 16.1. The largest absolute Gasteiger partial charge is 0.0683 e. The van der Waals surface area contributed by atoms with Gasteiger partial charge < -0.3 is 0 Å². The lowest BCUT2D eigenvalue weighted by molar-refractivity contribution is 0.564. The fourth-order valence-electron chi connectivity index (χ4n) is 2.04. The summed E-state index contributed by atoms with van der Waals surface area (Å²) < 4.78 is 0. The van der Waals surface area contributed by atoms with Crippen LogP contribution in [0.5, 0.6) is 0 Å². The molecule has 116 valence electrons. The lowest BCUT2D eigenvalue weighted by atomic mass is 9.78. The lowest BCUT2D eigenvalue weighted by Gasteiger charge is -2.27. The van der Waals surface area contributed by atoms with Crippen molar-refractivity contribution in [2.24, 2.45) is 0 Å². The lowest BCUT2D eigenvalue weighted by Crippen LogP contribution is -2.17. The van der Waals surface area contributed by atoms with Gasteiger partial charge in [-0.15, -0.1) is 0 Å². The Morgan fingerprint density at radius 3 is 1.40 bits per heavy atom. The highest BCUT2D eigenvalue weighted by Crippen LogP contribution is 2.33. The summed E-state index contributed by atoms with van der Waals surface area (Å²) in [5, 5.41) is 0. The number of hydrogen-bond acceptors (Lipinski definition) is 0. The third-order valence-corrected chi connectivity index (χ3v) is 3.87. The molecular weight excluding hydrogens is 240 g/mol. The van der Waals surface area contributed by atoms with Crippen molar-refractivity contribution in [3.8, 4) is 0 Å². The Bertz CT molecular complexity index is 367. The molecule has 0 aromatic heterocycles. The maximum absolute atomic E-state index is 2.41. The standard InChI is InChI=1S/C18H30.C2H6/c1-9-13(2)14-10-15(17(3,4)5)12-16(11-14)18(6,7)8;1-2/h10-13H,9H2,1-8H3;1-2H3. The molecule has 20 heavy (non-hydrogen) atoms. The Morgan fingerprint density at radius 1 is 0.800 bits per heavy atom. The Labute approximate surface area is 128 Å². The minimum atomic E-state index is 0.226. The van der Waals surface area contributed by atoms with Gasteiger partial charge in [-0.3, -0.25) is 0 Å². The molecule has 1 aromatic carbocycles. The molecule has 0 heteroatoms. The smallest absolute Gasteiger partial charge is 0.0132 e. The van der Waals surface area contributed by atoms with Gasteiger partial charge in [-0.1, -0.05) is 87.4 Å². The summed E-state index contributed by atoms with van der Waals surface area (Å²) in [6, 6.07) is 7.21. The summed E-state index contributed by atoms with van der Waals surface area (Å²) in [7, 11) is 0. The molecule has 0 saturated heterocycles. The molecular formula is C20H36. The van der Waals surface area contributed by atoms with E-state index in [1.165, 1.54) is 23.1 Å². The molecule has 0 amide bonds. The van der Waals surface area contributed by atoms with Crippen molar-refractivity contribution < 1.29 is 0 Å². The van der Waals surface area contributed by atoms with Gasteiger partial charge in [0.1, 0.15) is 0 Å². The minimum Gasteiger partial charge on any atom is -0.0683 e. The van der Waals surface area contributed by atoms with Gasteiger partial charge in [0.2, 0.25) is 0 Å². The third kappa shape index (κ3) is 5.31. The molecule has 0 fully saturated rings. The predicted octanol–water partition coefficient (Wildman–Crippen LogP) is 6.82. The van der Waals surface area contributed by atoms with E-state index in [0.717, 1.165) is 0 Å². The highest BCUT2D eigenvalue weighted by molar-refractivity contribution is 5.38. The first kappa shape index (κ1) is 19.2. The van der Waals surface area contributed by atoms with Crippen LogP contribution in [-0.2, 0) is 10.8 Å². The van der Waals surface area contributed by atoms with Gasteiger partial charge in [-0.25, -0.2) is 0 Å². The molecule has 0 aliphatic heterocycles. The SMILES string of the molecule is CC.CCC(C)c1cc(C(C)(C)C)cc(C(C)(C)C)c1. The summed E-state index contributed by atoms with van der Waals surface area (Å²) in [6.45, 7) is 22.4. The van der Waals surface area contributed by atoms with E-state index < -0.39 is 0 Å². The van der Waals surface area contributed by atoms with Crippen LogP contribution in [0.3, 0.4) is 0 Å². The molecule has 0 radical (unpaired) electrons. The van der Waals surface area contributed by atoms with Crippen molar-refractivity contribution in [3.05, 3.63) is 34.9 Å². The van der Waals surface area contributed by atoms with Crippen LogP contribution >= 0.6 is 0 Å². The minimum absolute atomic E-state index is 0.226. The van der Waals surface area contributed by atoms with Crippen LogP contribution < -0.4 is 0 Å². The molecule has 1 aromatic rings. The Balaban J connectivity index is 0.00000172. The summed E-state index contributed by atoms with van der Waals surface area (Å²) in [4.78, 5) is 0. The Hall–Kier alpha value is -0.780. The second-order valence-corrected chi connectivity index (χ2v) is 7.65. The van der Waals surface area contributed by atoms with Crippen molar-refractivity contribution in [1.82, 2.24) is 0 Å². The van der Waals surface area contributed by atoms with Crippen LogP contribution in [0, 0.1) is 0 Å². The monoisotopic (exact) mass is 276 g/mol. The van der Waals surface area contributed by atoms with E-state index in [1.807, 2.05) is 13.8 Å². The normalized spacial score (nSPS) is 13.5. The van der Waals surface area contributed by atoms with E-state index in [9.17, 15) is 0 Å². The van der Waals surface area contributed by atoms with Crippen LogP contribution in [0.25, 0.3) is 0 Å². The Morgan fingerprint density at radius 2 is 1.15 bits per heavy atom. The van der Waals surface area contributed by atoms with E-state index >= 15 is 0 Å². The highest BCUT2D eigenvalue weighted by atomic mass is 14.3. The van der Waals surface area contributed by atoms with Gasteiger partial charge in [0.05, 0.1) is 0 Å². The van der Waals surface area contributed by atoms with E-state index in [1.54, 1.807) is 0 Å². The van der Waals surface area contributed by atoms with Gasteiger partial charge >= 0.3 is 0 Å². The number of hydrogen-bond donors (Lipinski definition) is 0. The maximum atomic E-state index is 2.41. The molecule has 0 spiro atoms. The van der Waals surface area contributed by atoms with Crippen LogP contribution in [0.15, 0.2) is 18.2 Å². The van der Waals surface area contributed by atoms with Crippen molar-refractivity contribution in [3.63, 3.8) is 0 Å². The second-order valence-electron chi connectivity index (χ2n) is 7.65. The molecule has 1 atom stereocenters. The number of benzene rings is 1. The topological polar surface area (TPSA) is 0 Å². The van der Waals surface area contributed by atoms with Gasteiger partial charge in [-0.2, -0.15) is 0 Å².